The first kappa shape index (κ1) is 19.7. The molecule has 146 valence electrons. The molecular weight excluding hydrogens is 382 g/mol. The number of hydrogen-bond donors (Lipinski definition) is 2. The molecule has 2 aromatic rings. The molecule has 7 nitrogen and oxygen atoms in total. The van der Waals surface area contributed by atoms with Crippen LogP contribution in [0.25, 0.3) is 0 Å². The Bertz CT molecular complexity index is 914. The molecule has 0 radical (unpaired) electrons. The van der Waals surface area contributed by atoms with Crippen molar-refractivity contribution in [3.63, 3.8) is 0 Å². The van der Waals surface area contributed by atoms with Gasteiger partial charge < -0.3 is 15.4 Å². The molecule has 1 fully saturated rings. The highest BCUT2D eigenvalue weighted by molar-refractivity contribution is 6.30. The number of amides is 3. The Labute approximate surface area is 167 Å². The molecule has 2 N–H and O–H groups in total. The van der Waals surface area contributed by atoms with Crippen LogP contribution in [0.3, 0.4) is 0 Å². The van der Waals surface area contributed by atoms with Crippen LogP contribution < -0.4 is 15.4 Å². The Kier molecular flexibility index (Phi) is 5.84. The largest absolute Gasteiger partial charge is 0.495 e. The first-order chi connectivity index (χ1) is 13.4. The van der Waals surface area contributed by atoms with Gasteiger partial charge in [0.05, 0.1) is 25.8 Å². The van der Waals surface area contributed by atoms with Crippen LogP contribution in [0.1, 0.15) is 18.9 Å². The Morgan fingerprint density at radius 1 is 1.21 bits per heavy atom. The van der Waals surface area contributed by atoms with E-state index in [2.05, 4.69) is 10.6 Å². The summed E-state index contributed by atoms with van der Waals surface area (Å²) in [4.78, 5) is 37.6. The van der Waals surface area contributed by atoms with Gasteiger partial charge in [-0.1, -0.05) is 23.7 Å². The van der Waals surface area contributed by atoms with Gasteiger partial charge in [0.15, 0.2) is 0 Å². The molecule has 1 heterocycles. The lowest BCUT2D eigenvalue weighted by molar-refractivity contribution is -0.139. The number of ether oxygens (including phenoxy) is 1. The topological polar surface area (TPSA) is 87.7 Å². The first-order valence-electron chi connectivity index (χ1n) is 8.68. The summed E-state index contributed by atoms with van der Waals surface area (Å²) in [5, 5.41) is 6.34. The van der Waals surface area contributed by atoms with Crippen molar-refractivity contribution in [2.45, 2.75) is 25.9 Å². The van der Waals surface area contributed by atoms with E-state index in [9.17, 15) is 14.4 Å². The van der Waals surface area contributed by atoms with Crippen molar-refractivity contribution < 1.29 is 19.1 Å². The minimum absolute atomic E-state index is 0.0416. The Balaban J connectivity index is 1.76. The molecule has 8 heteroatoms. The highest BCUT2D eigenvalue weighted by atomic mass is 35.5. The molecule has 28 heavy (non-hydrogen) atoms. The van der Waals surface area contributed by atoms with E-state index < -0.39 is 6.04 Å². The molecule has 3 rings (SSSR count). The highest BCUT2D eigenvalue weighted by Crippen LogP contribution is 2.30. The van der Waals surface area contributed by atoms with Gasteiger partial charge in [0, 0.05) is 17.6 Å². The fourth-order valence-electron chi connectivity index (χ4n) is 3.02. The monoisotopic (exact) mass is 401 g/mol. The molecule has 1 saturated heterocycles. The van der Waals surface area contributed by atoms with Crippen LogP contribution in [0.15, 0.2) is 42.5 Å². The number of nitrogens with one attached hydrogen (secondary N) is 2. The van der Waals surface area contributed by atoms with E-state index in [4.69, 9.17) is 16.3 Å². The average molecular weight is 402 g/mol. The van der Waals surface area contributed by atoms with E-state index in [1.54, 1.807) is 42.5 Å². The summed E-state index contributed by atoms with van der Waals surface area (Å²) in [5.41, 5.74) is 1.90. The van der Waals surface area contributed by atoms with Gasteiger partial charge in [0.2, 0.25) is 11.8 Å². The normalized spacial score (nSPS) is 16.2. The summed E-state index contributed by atoms with van der Waals surface area (Å²) in [7, 11) is 1.51. The van der Waals surface area contributed by atoms with Gasteiger partial charge in [0.1, 0.15) is 11.8 Å². The molecule has 0 aliphatic carbocycles. The summed E-state index contributed by atoms with van der Waals surface area (Å²) >= 11 is 5.88. The first-order valence-corrected chi connectivity index (χ1v) is 9.06. The summed E-state index contributed by atoms with van der Waals surface area (Å²) < 4.78 is 5.31. The van der Waals surface area contributed by atoms with E-state index in [-0.39, 0.29) is 30.7 Å². The standard InChI is InChI=1S/C20H20ClN3O4/c1-12(25)22-15-7-8-18(28-2)16(9-15)23-17-10-19(26)24(20(17)27)11-13-3-5-14(21)6-4-13/h3-9,17,23H,10-11H2,1-2H3,(H,22,25)/t17-/m0/s1. The predicted octanol–water partition coefficient (Wildman–Crippen LogP) is 3.05. The third kappa shape index (κ3) is 4.43. The second kappa shape index (κ2) is 8.31. The van der Waals surface area contributed by atoms with Crippen LogP contribution >= 0.6 is 11.6 Å². The van der Waals surface area contributed by atoms with Crippen molar-refractivity contribution in [1.29, 1.82) is 0 Å². The number of carbonyl (C=O) groups excluding carboxylic acids is 3. The van der Waals surface area contributed by atoms with E-state index in [0.29, 0.717) is 22.1 Å². The fraction of sp³-hybridized carbons (Fsp3) is 0.250. The zero-order chi connectivity index (χ0) is 20.3. The second-order valence-corrected chi connectivity index (χ2v) is 6.88. The van der Waals surface area contributed by atoms with Crippen LogP contribution in [0, 0.1) is 0 Å². The summed E-state index contributed by atoms with van der Waals surface area (Å²) in [6.07, 6.45) is 0.0416. The minimum atomic E-state index is -0.707. The van der Waals surface area contributed by atoms with Crippen molar-refractivity contribution in [2.75, 3.05) is 17.7 Å². The number of hydrogen-bond acceptors (Lipinski definition) is 5. The van der Waals surface area contributed by atoms with Crippen LogP contribution in [0.5, 0.6) is 5.75 Å². The van der Waals surface area contributed by atoms with Gasteiger partial charge in [-0.2, -0.15) is 0 Å². The Hall–Kier alpha value is -3.06. The maximum atomic E-state index is 12.8. The number of rotatable bonds is 6. The van der Waals surface area contributed by atoms with Gasteiger partial charge in [0.25, 0.3) is 5.91 Å². The van der Waals surface area contributed by atoms with Crippen LogP contribution in [0.4, 0.5) is 11.4 Å². The third-order valence-corrected chi connectivity index (χ3v) is 4.60. The van der Waals surface area contributed by atoms with Gasteiger partial charge >= 0.3 is 0 Å². The van der Waals surface area contributed by atoms with Crippen molar-refractivity contribution in [2.24, 2.45) is 0 Å². The van der Waals surface area contributed by atoms with Crippen molar-refractivity contribution in [1.82, 2.24) is 4.90 Å². The van der Waals surface area contributed by atoms with E-state index in [0.717, 1.165) is 5.56 Å². The molecule has 1 aliphatic rings. The number of likely N-dealkylation sites (tertiary alicyclic amines) is 1. The maximum absolute atomic E-state index is 12.8. The fourth-order valence-corrected chi connectivity index (χ4v) is 3.15. The summed E-state index contributed by atoms with van der Waals surface area (Å²) in [6, 6.07) is 11.3. The smallest absolute Gasteiger partial charge is 0.252 e. The summed E-state index contributed by atoms with van der Waals surface area (Å²) in [5.74, 6) is -0.274. The molecule has 0 saturated carbocycles. The SMILES string of the molecule is COc1ccc(NC(C)=O)cc1N[C@H]1CC(=O)N(Cc2ccc(Cl)cc2)C1=O. The predicted molar refractivity (Wildman–Crippen MR) is 106 cm³/mol. The zero-order valence-electron chi connectivity index (χ0n) is 15.5. The number of imide groups is 1. The zero-order valence-corrected chi connectivity index (χ0v) is 16.2. The van der Waals surface area contributed by atoms with Crippen LogP contribution in [0.2, 0.25) is 5.02 Å². The van der Waals surface area contributed by atoms with Gasteiger partial charge in [-0.3, -0.25) is 19.3 Å². The van der Waals surface area contributed by atoms with Crippen molar-refractivity contribution in [3.05, 3.63) is 53.1 Å². The van der Waals surface area contributed by atoms with Crippen molar-refractivity contribution >= 4 is 40.7 Å². The van der Waals surface area contributed by atoms with Crippen LogP contribution in [-0.2, 0) is 20.9 Å². The lowest BCUT2D eigenvalue weighted by atomic mass is 10.2. The number of methoxy groups -OCH3 is 1. The Morgan fingerprint density at radius 3 is 2.57 bits per heavy atom. The van der Waals surface area contributed by atoms with Gasteiger partial charge in [-0.15, -0.1) is 0 Å². The molecule has 1 aliphatic heterocycles. The van der Waals surface area contributed by atoms with E-state index >= 15 is 0 Å². The molecule has 0 unspecified atom stereocenters. The minimum Gasteiger partial charge on any atom is -0.495 e. The van der Waals surface area contributed by atoms with Gasteiger partial charge in [-0.05, 0) is 35.9 Å². The second-order valence-electron chi connectivity index (χ2n) is 6.44. The van der Waals surface area contributed by atoms with E-state index in [1.165, 1.54) is 18.9 Å². The van der Waals surface area contributed by atoms with E-state index in [1.807, 2.05) is 0 Å². The lowest BCUT2D eigenvalue weighted by Crippen LogP contribution is -2.34. The van der Waals surface area contributed by atoms with Gasteiger partial charge in [-0.25, -0.2) is 0 Å². The maximum Gasteiger partial charge on any atom is 0.252 e. The molecule has 2 aromatic carbocycles. The third-order valence-electron chi connectivity index (χ3n) is 4.35. The molecule has 0 spiro atoms. The Morgan fingerprint density at radius 2 is 1.93 bits per heavy atom. The number of benzene rings is 2. The molecule has 3 amide bonds. The van der Waals surface area contributed by atoms with Crippen LogP contribution in [-0.4, -0.2) is 35.8 Å². The number of halogens is 1. The molecule has 0 bridgehead atoms. The quantitative estimate of drug-likeness (QED) is 0.726. The average Bonchev–Trinajstić information content (AvgIpc) is 2.91. The number of nitrogens with zero attached hydrogens (tertiary/aromatic N) is 1. The molecule has 0 aromatic heterocycles. The number of carbonyl (C=O) groups is 3. The summed E-state index contributed by atoms with van der Waals surface area (Å²) in [6.45, 7) is 1.60. The lowest BCUT2D eigenvalue weighted by Gasteiger charge is -2.18. The van der Waals surface area contributed by atoms with Crippen molar-refractivity contribution in [3.8, 4) is 5.75 Å². The number of anilines is 2. The molecule has 1 atom stereocenters. The molecular formula is C20H20ClN3O4. The highest BCUT2D eigenvalue weighted by Gasteiger charge is 2.38.